The van der Waals surface area contributed by atoms with Crippen molar-refractivity contribution in [1.29, 1.82) is 0 Å². The second-order valence-corrected chi connectivity index (χ2v) is 4.22. The standard InChI is InChI=1S/C10H14F3N3/c1-16-6-7(4-15-16)9-3-2-8(5-14-9)10(11,12)13/h4,6,8-9,14H,2-3,5H2,1H3. The lowest BCUT2D eigenvalue weighted by Crippen LogP contribution is -2.40. The van der Waals surface area contributed by atoms with Crippen LogP contribution in [0.4, 0.5) is 13.2 Å². The Morgan fingerprint density at radius 2 is 2.19 bits per heavy atom. The summed E-state index contributed by atoms with van der Waals surface area (Å²) in [4.78, 5) is 0. The van der Waals surface area contributed by atoms with Crippen LogP contribution in [-0.2, 0) is 7.05 Å². The first-order chi connectivity index (χ1) is 7.47. The fourth-order valence-electron chi connectivity index (χ4n) is 2.04. The molecule has 2 heterocycles. The van der Waals surface area contributed by atoms with Crippen molar-refractivity contribution < 1.29 is 13.2 Å². The molecule has 0 aliphatic carbocycles. The summed E-state index contributed by atoms with van der Waals surface area (Å²) in [6.07, 6.45) is 0.163. The number of halogens is 3. The average Bonchev–Trinajstić information content (AvgIpc) is 2.64. The van der Waals surface area contributed by atoms with Gasteiger partial charge in [0.15, 0.2) is 0 Å². The van der Waals surface area contributed by atoms with Crippen LogP contribution in [0.15, 0.2) is 12.4 Å². The van der Waals surface area contributed by atoms with Crippen LogP contribution in [0.2, 0.25) is 0 Å². The third-order valence-electron chi connectivity index (χ3n) is 3.00. The highest BCUT2D eigenvalue weighted by atomic mass is 19.4. The largest absolute Gasteiger partial charge is 0.393 e. The predicted molar refractivity (Wildman–Crippen MR) is 52.7 cm³/mol. The highest BCUT2D eigenvalue weighted by Gasteiger charge is 2.41. The molecule has 0 saturated carbocycles. The van der Waals surface area contributed by atoms with Gasteiger partial charge >= 0.3 is 6.18 Å². The quantitative estimate of drug-likeness (QED) is 0.804. The van der Waals surface area contributed by atoms with Gasteiger partial charge in [-0.25, -0.2) is 0 Å². The first kappa shape index (κ1) is 11.4. The molecule has 1 aliphatic heterocycles. The van der Waals surface area contributed by atoms with E-state index in [1.165, 1.54) is 0 Å². The van der Waals surface area contributed by atoms with E-state index in [2.05, 4.69) is 10.4 Å². The van der Waals surface area contributed by atoms with Gasteiger partial charge in [0.05, 0.1) is 12.1 Å². The summed E-state index contributed by atoms with van der Waals surface area (Å²) in [6.45, 7) is 0.00304. The van der Waals surface area contributed by atoms with Crippen molar-refractivity contribution in [2.75, 3.05) is 6.54 Å². The number of rotatable bonds is 1. The maximum absolute atomic E-state index is 12.4. The predicted octanol–water partition coefficient (Wildman–Crippen LogP) is 2.02. The summed E-state index contributed by atoms with van der Waals surface area (Å²) in [5.41, 5.74) is 0.961. The minimum Gasteiger partial charge on any atom is -0.309 e. The van der Waals surface area contributed by atoms with Gasteiger partial charge in [0.25, 0.3) is 0 Å². The summed E-state index contributed by atoms with van der Waals surface area (Å²) in [6, 6.07) is 0.00676. The lowest BCUT2D eigenvalue weighted by Gasteiger charge is -2.30. The number of aryl methyl sites for hydroxylation is 1. The van der Waals surface area contributed by atoms with Gasteiger partial charge in [0, 0.05) is 31.4 Å². The van der Waals surface area contributed by atoms with Crippen molar-refractivity contribution in [3.63, 3.8) is 0 Å². The molecule has 0 aromatic carbocycles. The fraction of sp³-hybridized carbons (Fsp3) is 0.700. The molecule has 2 atom stereocenters. The third kappa shape index (κ3) is 2.37. The zero-order valence-corrected chi connectivity index (χ0v) is 8.96. The molecule has 1 N–H and O–H groups in total. The summed E-state index contributed by atoms with van der Waals surface area (Å²) in [5.74, 6) is -1.21. The Morgan fingerprint density at radius 3 is 2.62 bits per heavy atom. The Kier molecular flexibility index (Phi) is 2.92. The SMILES string of the molecule is Cn1cc(C2CCC(C(F)(F)F)CN2)cn1. The molecule has 6 heteroatoms. The van der Waals surface area contributed by atoms with Crippen molar-refractivity contribution in [3.05, 3.63) is 18.0 Å². The zero-order valence-electron chi connectivity index (χ0n) is 8.96. The van der Waals surface area contributed by atoms with Crippen LogP contribution in [0.25, 0.3) is 0 Å². The monoisotopic (exact) mass is 233 g/mol. The molecule has 2 rings (SSSR count). The van der Waals surface area contributed by atoms with Crippen LogP contribution in [0, 0.1) is 5.92 Å². The normalized spacial score (nSPS) is 27.0. The molecule has 1 aliphatic rings. The Hall–Kier alpha value is -1.04. The second-order valence-electron chi connectivity index (χ2n) is 4.22. The third-order valence-corrected chi connectivity index (χ3v) is 3.00. The van der Waals surface area contributed by atoms with Gasteiger partial charge in [-0.1, -0.05) is 0 Å². The molecule has 0 amide bonds. The van der Waals surface area contributed by atoms with Gasteiger partial charge in [-0.2, -0.15) is 18.3 Å². The lowest BCUT2D eigenvalue weighted by molar-refractivity contribution is -0.179. The number of alkyl halides is 3. The van der Waals surface area contributed by atoms with E-state index in [4.69, 9.17) is 0 Å². The van der Waals surface area contributed by atoms with E-state index in [1.807, 2.05) is 6.20 Å². The first-order valence-corrected chi connectivity index (χ1v) is 5.25. The number of aromatic nitrogens is 2. The lowest BCUT2D eigenvalue weighted by atomic mass is 9.92. The van der Waals surface area contributed by atoms with Gasteiger partial charge in [-0.15, -0.1) is 0 Å². The number of hydrogen-bond acceptors (Lipinski definition) is 2. The minimum atomic E-state index is -4.08. The molecule has 1 fully saturated rings. The van der Waals surface area contributed by atoms with Gasteiger partial charge in [0.2, 0.25) is 0 Å². The van der Waals surface area contributed by atoms with E-state index in [-0.39, 0.29) is 19.0 Å². The smallest absolute Gasteiger partial charge is 0.309 e. The molecule has 2 unspecified atom stereocenters. The van der Waals surface area contributed by atoms with E-state index in [1.54, 1.807) is 17.9 Å². The van der Waals surface area contributed by atoms with Crippen molar-refractivity contribution in [2.45, 2.75) is 25.1 Å². The summed E-state index contributed by atoms with van der Waals surface area (Å²) in [7, 11) is 1.80. The zero-order chi connectivity index (χ0) is 11.8. The van der Waals surface area contributed by atoms with Crippen LogP contribution in [-0.4, -0.2) is 22.5 Å². The highest BCUT2D eigenvalue weighted by molar-refractivity contribution is 5.11. The van der Waals surface area contributed by atoms with Gasteiger partial charge in [-0.05, 0) is 12.8 Å². The minimum absolute atomic E-state index is 0.00304. The average molecular weight is 233 g/mol. The van der Waals surface area contributed by atoms with E-state index < -0.39 is 12.1 Å². The maximum atomic E-state index is 12.4. The number of piperidine rings is 1. The Morgan fingerprint density at radius 1 is 1.44 bits per heavy atom. The maximum Gasteiger partial charge on any atom is 0.393 e. The van der Waals surface area contributed by atoms with Crippen LogP contribution in [0.1, 0.15) is 24.4 Å². The highest BCUT2D eigenvalue weighted by Crippen LogP contribution is 2.35. The van der Waals surface area contributed by atoms with Gasteiger partial charge in [0.1, 0.15) is 0 Å². The molecule has 1 aromatic heterocycles. The number of hydrogen-bond donors (Lipinski definition) is 1. The van der Waals surface area contributed by atoms with Crippen LogP contribution in [0.5, 0.6) is 0 Å². The molecule has 0 spiro atoms. The Balaban J connectivity index is 1.95. The second kappa shape index (κ2) is 4.08. The molecular weight excluding hydrogens is 219 g/mol. The molecule has 1 aromatic rings. The summed E-state index contributed by atoms with van der Waals surface area (Å²) >= 11 is 0. The Bertz CT molecular complexity index is 350. The number of nitrogens with zero attached hydrogens (tertiary/aromatic N) is 2. The molecule has 0 radical (unpaired) electrons. The molecular formula is C10H14F3N3. The van der Waals surface area contributed by atoms with E-state index >= 15 is 0 Å². The van der Waals surface area contributed by atoms with Crippen LogP contribution < -0.4 is 5.32 Å². The summed E-state index contributed by atoms with van der Waals surface area (Å²) in [5, 5.41) is 6.95. The van der Waals surface area contributed by atoms with Crippen LogP contribution in [0.3, 0.4) is 0 Å². The van der Waals surface area contributed by atoms with Crippen molar-refractivity contribution in [1.82, 2.24) is 15.1 Å². The first-order valence-electron chi connectivity index (χ1n) is 5.25. The van der Waals surface area contributed by atoms with E-state index in [0.29, 0.717) is 6.42 Å². The van der Waals surface area contributed by atoms with E-state index in [0.717, 1.165) is 5.56 Å². The molecule has 90 valence electrons. The van der Waals surface area contributed by atoms with Gasteiger partial charge in [-0.3, -0.25) is 4.68 Å². The van der Waals surface area contributed by atoms with Gasteiger partial charge < -0.3 is 5.32 Å². The number of nitrogens with one attached hydrogen (secondary N) is 1. The van der Waals surface area contributed by atoms with Crippen LogP contribution >= 0.6 is 0 Å². The van der Waals surface area contributed by atoms with E-state index in [9.17, 15) is 13.2 Å². The van der Waals surface area contributed by atoms with Crippen molar-refractivity contribution in [2.24, 2.45) is 13.0 Å². The molecule has 3 nitrogen and oxygen atoms in total. The Labute approximate surface area is 91.6 Å². The molecule has 1 saturated heterocycles. The molecule has 16 heavy (non-hydrogen) atoms. The fourth-order valence-corrected chi connectivity index (χ4v) is 2.04. The molecule has 0 bridgehead atoms. The van der Waals surface area contributed by atoms with Crippen molar-refractivity contribution >= 4 is 0 Å². The topological polar surface area (TPSA) is 29.9 Å². The van der Waals surface area contributed by atoms with Crippen molar-refractivity contribution in [3.8, 4) is 0 Å². The summed E-state index contributed by atoms with van der Waals surface area (Å²) < 4.78 is 38.9.